The number of Topliss-reactive ketones (excluding diaryl/α,β-unsaturated/α-hetero) is 1. The van der Waals surface area contributed by atoms with Crippen molar-refractivity contribution >= 4 is 11.7 Å². The van der Waals surface area contributed by atoms with Gasteiger partial charge in [-0.1, -0.05) is 0 Å². The van der Waals surface area contributed by atoms with E-state index in [9.17, 15) is 18.4 Å². The molecular formula is C15H20F2N2O2. The van der Waals surface area contributed by atoms with E-state index in [2.05, 4.69) is 5.32 Å². The van der Waals surface area contributed by atoms with Crippen LogP contribution in [-0.2, 0) is 4.79 Å². The number of amides is 1. The molecule has 1 amide bonds. The zero-order valence-electron chi connectivity index (χ0n) is 12.6. The molecule has 0 aliphatic heterocycles. The van der Waals surface area contributed by atoms with Crippen molar-refractivity contribution in [1.82, 2.24) is 10.2 Å². The average Bonchev–Trinajstić information content (AvgIpc) is 2.35. The molecule has 0 aromatic heterocycles. The summed E-state index contributed by atoms with van der Waals surface area (Å²) in [5, 5.41) is 2.71. The Morgan fingerprint density at radius 3 is 2.38 bits per heavy atom. The van der Waals surface area contributed by atoms with Crippen molar-refractivity contribution < 1.29 is 18.4 Å². The van der Waals surface area contributed by atoms with Gasteiger partial charge < -0.3 is 5.32 Å². The first-order valence-electron chi connectivity index (χ1n) is 6.71. The van der Waals surface area contributed by atoms with Gasteiger partial charge in [0.1, 0.15) is 11.6 Å². The standard InChI is InChI=1S/C15H20F2N2O2/c1-9(2)18-14(20)8-19(4)10(3)15(21)12-6-5-11(16)7-13(12)17/h5-7,9-10H,8H2,1-4H3,(H,18,20). The van der Waals surface area contributed by atoms with Crippen molar-refractivity contribution in [3.8, 4) is 0 Å². The van der Waals surface area contributed by atoms with E-state index in [1.54, 1.807) is 14.0 Å². The minimum atomic E-state index is -0.896. The largest absolute Gasteiger partial charge is 0.353 e. The van der Waals surface area contributed by atoms with Gasteiger partial charge in [0.05, 0.1) is 18.2 Å². The molecule has 6 heteroatoms. The van der Waals surface area contributed by atoms with Gasteiger partial charge in [0.25, 0.3) is 0 Å². The number of halogens is 2. The predicted molar refractivity (Wildman–Crippen MR) is 76.1 cm³/mol. The van der Waals surface area contributed by atoms with E-state index >= 15 is 0 Å². The van der Waals surface area contributed by atoms with Crippen molar-refractivity contribution in [2.45, 2.75) is 32.9 Å². The van der Waals surface area contributed by atoms with Crippen LogP contribution in [0.5, 0.6) is 0 Å². The zero-order valence-corrected chi connectivity index (χ0v) is 12.6. The first-order chi connectivity index (χ1) is 9.72. The molecule has 0 aliphatic carbocycles. The van der Waals surface area contributed by atoms with Gasteiger partial charge in [-0.2, -0.15) is 0 Å². The lowest BCUT2D eigenvalue weighted by atomic mass is 10.0. The zero-order chi connectivity index (χ0) is 16.2. The Hall–Kier alpha value is -1.82. The van der Waals surface area contributed by atoms with Gasteiger partial charge in [0, 0.05) is 12.1 Å². The summed E-state index contributed by atoms with van der Waals surface area (Å²) < 4.78 is 26.4. The van der Waals surface area contributed by atoms with Crippen molar-refractivity contribution in [3.05, 3.63) is 35.4 Å². The van der Waals surface area contributed by atoms with E-state index in [0.717, 1.165) is 12.1 Å². The van der Waals surface area contributed by atoms with Crippen molar-refractivity contribution in [3.63, 3.8) is 0 Å². The lowest BCUT2D eigenvalue weighted by molar-refractivity contribution is -0.122. The van der Waals surface area contributed by atoms with Crippen LogP contribution >= 0.6 is 0 Å². The van der Waals surface area contributed by atoms with E-state index < -0.39 is 23.5 Å². The predicted octanol–water partition coefficient (Wildman–Crippen LogP) is 1.99. The second kappa shape index (κ2) is 7.26. The van der Waals surface area contributed by atoms with Gasteiger partial charge >= 0.3 is 0 Å². The minimum absolute atomic E-state index is 0.00597. The number of benzene rings is 1. The van der Waals surface area contributed by atoms with Crippen LogP contribution in [-0.4, -0.2) is 42.3 Å². The topological polar surface area (TPSA) is 49.4 Å². The van der Waals surface area contributed by atoms with Gasteiger partial charge in [-0.15, -0.1) is 0 Å². The van der Waals surface area contributed by atoms with Crippen LogP contribution in [0, 0.1) is 11.6 Å². The summed E-state index contributed by atoms with van der Waals surface area (Å²) in [5.41, 5.74) is -0.181. The Balaban J connectivity index is 2.75. The molecule has 1 aromatic rings. The SMILES string of the molecule is CC(C)NC(=O)CN(C)C(C)C(=O)c1ccc(F)cc1F. The molecule has 21 heavy (non-hydrogen) atoms. The fourth-order valence-corrected chi connectivity index (χ4v) is 1.85. The maximum Gasteiger partial charge on any atom is 0.234 e. The molecule has 1 rings (SSSR count). The fraction of sp³-hybridized carbons (Fsp3) is 0.467. The molecule has 0 saturated carbocycles. The summed E-state index contributed by atoms with van der Waals surface area (Å²) in [6.45, 7) is 5.27. The molecular weight excluding hydrogens is 278 g/mol. The van der Waals surface area contributed by atoms with Gasteiger partial charge in [-0.25, -0.2) is 8.78 Å². The van der Waals surface area contributed by atoms with Gasteiger partial charge in [0.2, 0.25) is 5.91 Å². The molecule has 1 atom stereocenters. The lowest BCUT2D eigenvalue weighted by Crippen LogP contribution is -2.44. The van der Waals surface area contributed by atoms with Crippen LogP contribution in [0.3, 0.4) is 0 Å². The summed E-state index contributed by atoms with van der Waals surface area (Å²) in [7, 11) is 1.60. The average molecular weight is 298 g/mol. The number of ketones is 1. The van der Waals surface area contributed by atoms with E-state index in [0.29, 0.717) is 6.07 Å². The molecule has 1 N–H and O–H groups in total. The molecule has 0 fully saturated rings. The molecule has 116 valence electrons. The van der Waals surface area contributed by atoms with Crippen molar-refractivity contribution in [2.24, 2.45) is 0 Å². The summed E-state index contributed by atoms with van der Waals surface area (Å²) in [4.78, 5) is 25.4. The highest BCUT2D eigenvalue weighted by Gasteiger charge is 2.24. The van der Waals surface area contributed by atoms with E-state index in [1.807, 2.05) is 13.8 Å². The Kier molecular flexibility index (Phi) is 5.96. The summed E-state index contributed by atoms with van der Waals surface area (Å²) in [5.74, 6) is -2.34. The Morgan fingerprint density at radius 2 is 1.86 bits per heavy atom. The van der Waals surface area contributed by atoms with Crippen LogP contribution in [0.25, 0.3) is 0 Å². The normalized spacial score (nSPS) is 12.6. The molecule has 1 unspecified atom stereocenters. The molecule has 1 aromatic carbocycles. The first kappa shape index (κ1) is 17.2. The maximum atomic E-state index is 13.6. The highest BCUT2D eigenvalue weighted by Crippen LogP contribution is 2.13. The number of likely N-dealkylation sites (N-methyl/N-ethyl adjacent to an activating group) is 1. The summed E-state index contributed by atoms with van der Waals surface area (Å²) in [6.07, 6.45) is 0. The number of nitrogens with one attached hydrogen (secondary N) is 1. The number of nitrogens with zero attached hydrogens (tertiary/aromatic N) is 1. The van der Waals surface area contributed by atoms with E-state index in [-0.39, 0.29) is 24.1 Å². The summed E-state index contributed by atoms with van der Waals surface area (Å²) >= 11 is 0. The molecule has 0 bridgehead atoms. The monoisotopic (exact) mass is 298 g/mol. The second-order valence-electron chi connectivity index (χ2n) is 5.30. The quantitative estimate of drug-likeness (QED) is 0.817. The van der Waals surface area contributed by atoms with Crippen LogP contribution in [0.4, 0.5) is 8.78 Å². The number of carbonyl (C=O) groups excluding carboxylic acids is 2. The third kappa shape index (κ3) is 4.90. The Bertz CT molecular complexity index is 532. The number of hydrogen-bond donors (Lipinski definition) is 1. The van der Waals surface area contributed by atoms with Crippen molar-refractivity contribution in [1.29, 1.82) is 0 Å². The van der Waals surface area contributed by atoms with Crippen LogP contribution in [0.15, 0.2) is 18.2 Å². The first-order valence-corrected chi connectivity index (χ1v) is 6.71. The highest BCUT2D eigenvalue weighted by molar-refractivity contribution is 6.00. The Morgan fingerprint density at radius 1 is 1.24 bits per heavy atom. The Labute approximate surface area is 123 Å². The second-order valence-corrected chi connectivity index (χ2v) is 5.30. The third-order valence-corrected chi connectivity index (χ3v) is 3.08. The molecule has 0 radical (unpaired) electrons. The van der Waals surface area contributed by atoms with Crippen LogP contribution in [0.1, 0.15) is 31.1 Å². The lowest BCUT2D eigenvalue weighted by Gasteiger charge is -2.23. The summed E-state index contributed by atoms with van der Waals surface area (Å²) in [6, 6.07) is 2.14. The van der Waals surface area contributed by atoms with E-state index in [4.69, 9.17) is 0 Å². The third-order valence-electron chi connectivity index (χ3n) is 3.08. The highest BCUT2D eigenvalue weighted by atomic mass is 19.1. The number of carbonyl (C=O) groups is 2. The fourth-order valence-electron chi connectivity index (χ4n) is 1.85. The van der Waals surface area contributed by atoms with Gasteiger partial charge in [0.15, 0.2) is 5.78 Å². The van der Waals surface area contributed by atoms with Crippen molar-refractivity contribution in [2.75, 3.05) is 13.6 Å². The molecule has 0 heterocycles. The smallest absolute Gasteiger partial charge is 0.234 e. The minimum Gasteiger partial charge on any atom is -0.353 e. The van der Waals surface area contributed by atoms with E-state index in [1.165, 1.54) is 4.90 Å². The number of rotatable bonds is 6. The molecule has 0 spiro atoms. The molecule has 4 nitrogen and oxygen atoms in total. The number of hydrogen-bond acceptors (Lipinski definition) is 3. The maximum absolute atomic E-state index is 13.6. The molecule has 0 aliphatic rings. The van der Waals surface area contributed by atoms with Crippen LogP contribution < -0.4 is 5.32 Å². The van der Waals surface area contributed by atoms with Gasteiger partial charge in [-0.05, 0) is 40.0 Å². The van der Waals surface area contributed by atoms with Crippen LogP contribution in [0.2, 0.25) is 0 Å². The van der Waals surface area contributed by atoms with Gasteiger partial charge in [-0.3, -0.25) is 14.5 Å². The molecule has 0 saturated heterocycles.